The molecular weight excluding hydrogens is 268 g/mol. The van der Waals surface area contributed by atoms with Gasteiger partial charge in [-0.15, -0.1) is 0 Å². The van der Waals surface area contributed by atoms with Gasteiger partial charge in [0.25, 0.3) is 5.69 Å². The molecule has 0 unspecified atom stereocenters. The van der Waals surface area contributed by atoms with Crippen molar-refractivity contribution in [1.29, 1.82) is 0 Å². The van der Waals surface area contributed by atoms with Crippen molar-refractivity contribution in [2.24, 2.45) is 0 Å². The van der Waals surface area contributed by atoms with Crippen molar-refractivity contribution >= 4 is 22.1 Å². The maximum Gasteiger partial charge on any atom is 0.311 e. The van der Waals surface area contributed by atoms with E-state index in [2.05, 4.69) is 0 Å². The number of fused-ring (bicyclic) bond motifs is 1. The van der Waals surface area contributed by atoms with Gasteiger partial charge in [0.15, 0.2) is 0 Å². The summed E-state index contributed by atoms with van der Waals surface area (Å²) in [5, 5.41) is 22.5. The number of nitro benzene ring substituents is 2. The third-order valence-corrected chi connectivity index (χ3v) is 2.87. The van der Waals surface area contributed by atoms with Crippen LogP contribution < -0.4 is 9.47 Å². The fourth-order valence-corrected chi connectivity index (χ4v) is 2.04. The molecule has 0 spiro atoms. The average molecular weight is 278 g/mol. The van der Waals surface area contributed by atoms with Crippen LogP contribution in [0.3, 0.4) is 0 Å². The number of hydrogen-bond donors (Lipinski definition) is 0. The highest BCUT2D eigenvalue weighted by atomic mass is 16.6. The number of nitro groups is 2. The number of non-ortho nitro benzene ring substituents is 1. The minimum Gasteiger partial charge on any atom is -0.496 e. The molecule has 8 nitrogen and oxygen atoms in total. The molecule has 0 aliphatic rings. The molecule has 0 N–H and O–H groups in total. The van der Waals surface area contributed by atoms with Crippen LogP contribution in [0.5, 0.6) is 11.5 Å². The maximum atomic E-state index is 11.1. The van der Waals surface area contributed by atoms with Crippen LogP contribution in [-0.4, -0.2) is 24.1 Å². The summed E-state index contributed by atoms with van der Waals surface area (Å²) in [4.78, 5) is 20.8. The van der Waals surface area contributed by atoms with Gasteiger partial charge in [0.05, 0.1) is 24.1 Å². The Kier molecular flexibility index (Phi) is 3.38. The fourth-order valence-electron chi connectivity index (χ4n) is 2.04. The second-order valence-electron chi connectivity index (χ2n) is 3.84. The number of rotatable bonds is 4. The smallest absolute Gasteiger partial charge is 0.311 e. The van der Waals surface area contributed by atoms with Crippen LogP contribution in [-0.2, 0) is 0 Å². The first-order valence-electron chi connectivity index (χ1n) is 5.47. The van der Waals surface area contributed by atoms with Crippen LogP contribution in [0.15, 0.2) is 24.3 Å². The molecule has 0 aliphatic heterocycles. The first-order valence-corrected chi connectivity index (χ1v) is 5.47. The lowest BCUT2D eigenvalue weighted by Crippen LogP contribution is -1.98. The minimum absolute atomic E-state index is 0.0473. The molecule has 0 amide bonds. The lowest BCUT2D eigenvalue weighted by molar-refractivity contribution is -0.386. The van der Waals surface area contributed by atoms with Crippen molar-refractivity contribution in [2.45, 2.75) is 0 Å². The fraction of sp³-hybridized carbons (Fsp3) is 0.167. The van der Waals surface area contributed by atoms with E-state index >= 15 is 0 Å². The topological polar surface area (TPSA) is 105 Å². The van der Waals surface area contributed by atoms with Crippen LogP contribution in [0.4, 0.5) is 11.4 Å². The molecule has 104 valence electrons. The molecule has 0 fully saturated rings. The molecule has 0 radical (unpaired) electrons. The third kappa shape index (κ3) is 1.96. The molecule has 0 aliphatic carbocycles. The molecule has 20 heavy (non-hydrogen) atoms. The zero-order valence-electron chi connectivity index (χ0n) is 10.7. The Bertz CT molecular complexity index is 713. The van der Waals surface area contributed by atoms with Gasteiger partial charge in [-0.05, 0) is 12.1 Å². The second-order valence-corrected chi connectivity index (χ2v) is 3.84. The molecule has 2 aromatic carbocycles. The third-order valence-electron chi connectivity index (χ3n) is 2.87. The standard InChI is InChI=1S/C12H10N2O6/c1-19-10-6-5-8(13(15)16)11-7(10)3-4-9(14(17)18)12(11)20-2/h3-6H,1-2H3. The lowest BCUT2D eigenvalue weighted by atomic mass is 10.1. The predicted molar refractivity (Wildman–Crippen MR) is 70.4 cm³/mol. The largest absolute Gasteiger partial charge is 0.496 e. The predicted octanol–water partition coefficient (Wildman–Crippen LogP) is 2.67. The van der Waals surface area contributed by atoms with Crippen molar-refractivity contribution in [2.75, 3.05) is 14.2 Å². The molecule has 0 atom stereocenters. The highest BCUT2D eigenvalue weighted by Gasteiger charge is 2.26. The molecule has 0 saturated carbocycles. The van der Waals surface area contributed by atoms with Gasteiger partial charge in [-0.1, -0.05) is 0 Å². The summed E-state index contributed by atoms with van der Waals surface area (Å²) in [5.41, 5.74) is -0.613. The lowest BCUT2D eigenvalue weighted by Gasteiger charge is -2.09. The van der Waals surface area contributed by atoms with Gasteiger partial charge in [0.1, 0.15) is 11.1 Å². The van der Waals surface area contributed by atoms with Gasteiger partial charge >= 0.3 is 5.69 Å². The van der Waals surface area contributed by atoms with Gasteiger partial charge in [0.2, 0.25) is 5.75 Å². The van der Waals surface area contributed by atoms with Crippen molar-refractivity contribution in [3.8, 4) is 11.5 Å². The molecule has 2 aromatic rings. The van der Waals surface area contributed by atoms with Crippen LogP contribution in [0.25, 0.3) is 10.8 Å². The maximum absolute atomic E-state index is 11.1. The summed E-state index contributed by atoms with van der Waals surface area (Å²) in [6.45, 7) is 0. The number of hydrogen-bond acceptors (Lipinski definition) is 6. The molecule has 8 heteroatoms. The number of benzene rings is 2. The van der Waals surface area contributed by atoms with Crippen LogP contribution in [0.1, 0.15) is 0 Å². The van der Waals surface area contributed by atoms with Gasteiger partial charge < -0.3 is 9.47 Å². The summed E-state index contributed by atoms with van der Waals surface area (Å²) in [6, 6.07) is 5.30. The second kappa shape index (κ2) is 5.00. The SMILES string of the molecule is COc1ccc([N+](=O)[O-])c2c(OC)c([N+](=O)[O-])ccc12. The summed E-state index contributed by atoms with van der Waals surface area (Å²) < 4.78 is 10.1. The quantitative estimate of drug-likeness (QED) is 0.628. The molecule has 0 heterocycles. The summed E-state index contributed by atoms with van der Waals surface area (Å²) in [5.74, 6) is 0.219. The first-order chi connectivity index (χ1) is 9.51. The molecular formula is C12H10N2O6. The average Bonchev–Trinajstić information content (AvgIpc) is 2.44. The molecule has 0 aromatic heterocycles. The van der Waals surface area contributed by atoms with E-state index in [1.807, 2.05) is 0 Å². The first kappa shape index (κ1) is 13.5. The van der Waals surface area contributed by atoms with E-state index in [1.54, 1.807) is 0 Å². The highest BCUT2D eigenvalue weighted by Crippen LogP contribution is 2.43. The van der Waals surface area contributed by atoms with Gasteiger partial charge in [0, 0.05) is 17.5 Å². The van der Waals surface area contributed by atoms with Gasteiger partial charge in [-0.2, -0.15) is 0 Å². The Balaban J connectivity index is 2.99. The molecule has 0 bridgehead atoms. The van der Waals surface area contributed by atoms with E-state index in [0.29, 0.717) is 11.1 Å². The summed E-state index contributed by atoms with van der Waals surface area (Å²) >= 11 is 0. The molecule has 0 saturated heterocycles. The van der Waals surface area contributed by atoms with Gasteiger partial charge in [-0.3, -0.25) is 20.2 Å². The zero-order valence-corrected chi connectivity index (χ0v) is 10.7. The van der Waals surface area contributed by atoms with E-state index in [1.165, 1.54) is 38.5 Å². The highest BCUT2D eigenvalue weighted by molar-refractivity contribution is 6.02. The van der Waals surface area contributed by atoms with Gasteiger partial charge in [-0.25, -0.2) is 0 Å². The van der Waals surface area contributed by atoms with Crippen LogP contribution >= 0.6 is 0 Å². The normalized spacial score (nSPS) is 10.3. The number of methoxy groups -OCH3 is 2. The van der Waals surface area contributed by atoms with Crippen molar-refractivity contribution in [1.82, 2.24) is 0 Å². The Morgan fingerprint density at radius 1 is 0.900 bits per heavy atom. The van der Waals surface area contributed by atoms with E-state index in [-0.39, 0.29) is 22.5 Å². The zero-order chi connectivity index (χ0) is 14.9. The van der Waals surface area contributed by atoms with E-state index in [0.717, 1.165) is 0 Å². The van der Waals surface area contributed by atoms with Crippen molar-refractivity contribution < 1.29 is 19.3 Å². The van der Waals surface area contributed by atoms with E-state index in [9.17, 15) is 20.2 Å². The van der Waals surface area contributed by atoms with E-state index in [4.69, 9.17) is 9.47 Å². The summed E-state index contributed by atoms with van der Waals surface area (Å²) in [6.07, 6.45) is 0. The monoisotopic (exact) mass is 278 g/mol. The molecule has 2 rings (SSSR count). The Morgan fingerprint density at radius 2 is 1.50 bits per heavy atom. The summed E-state index contributed by atoms with van der Waals surface area (Å²) in [7, 11) is 2.64. The Morgan fingerprint density at radius 3 is 2.00 bits per heavy atom. The van der Waals surface area contributed by atoms with Crippen molar-refractivity contribution in [3.63, 3.8) is 0 Å². The number of nitrogens with zero attached hydrogens (tertiary/aromatic N) is 2. The Hall–Kier alpha value is -2.90. The van der Waals surface area contributed by atoms with E-state index < -0.39 is 9.85 Å². The minimum atomic E-state index is -0.651. The van der Waals surface area contributed by atoms with Crippen molar-refractivity contribution in [3.05, 3.63) is 44.5 Å². The van der Waals surface area contributed by atoms with Crippen LogP contribution in [0.2, 0.25) is 0 Å². The number of ether oxygens (including phenoxy) is 2. The van der Waals surface area contributed by atoms with Crippen LogP contribution in [0, 0.1) is 20.2 Å². The Labute approximate surface area is 112 Å².